The van der Waals surface area contributed by atoms with Gasteiger partial charge in [0.1, 0.15) is 0 Å². The van der Waals surface area contributed by atoms with Gasteiger partial charge in [0.15, 0.2) is 23.1 Å². The van der Waals surface area contributed by atoms with Crippen LogP contribution in [0.4, 0.5) is 0 Å². The van der Waals surface area contributed by atoms with E-state index in [-0.39, 0.29) is 53.3 Å². The van der Waals surface area contributed by atoms with Crippen molar-refractivity contribution in [3.05, 3.63) is 55.0 Å². The third-order valence-electron chi connectivity index (χ3n) is 9.24. The molecule has 5 aliphatic rings. The lowest BCUT2D eigenvalue weighted by Gasteiger charge is -2.42. The van der Waals surface area contributed by atoms with Gasteiger partial charge in [0.05, 0.1) is 23.4 Å². The summed E-state index contributed by atoms with van der Waals surface area (Å²) in [5.74, 6) is -2.57. The van der Waals surface area contributed by atoms with Crippen molar-refractivity contribution in [2.45, 2.75) is 63.8 Å². The molecule has 6 rings (SSSR count). The Morgan fingerprint density at radius 3 is 2.41 bits per heavy atom. The van der Waals surface area contributed by atoms with E-state index in [9.17, 15) is 24.3 Å². The van der Waals surface area contributed by atoms with Crippen LogP contribution in [0.3, 0.4) is 0 Å². The first-order valence-electron chi connectivity index (χ1n) is 13.5. The lowest BCUT2D eigenvalue weighted by atomic mass is 9.59. The second-order valence-corrected chi connectivity index (χ2v) is 12.8. The number of likely N-dealkylation sites (tertiary alicyclic amines) is 1. The zero-order chi connectivity index (χ0) is 27.7. The Kier molecular flexibility index (Phi) is 6.73. The molecule has 1 aromatic rings. The van der Waals surface area contributed by atoms with Crippen molar-refractivity contribution >= 4 is 55.2 Å². The maximum absolute atomic E-state index is 14.0. The van der Waals surface area contributed by atoms with Crippen LogP contribution >= 0.6 is 31.9 Å². The van der Waals surface area contributed by atoms with E-state index in [0.29, 0.717) is 37.6 Å². The van der Waals surface area contributed by atoms with E-state index in [0.717, 1.165) is 37.7 Å². The summed E-state index contributed by atoms with van der Waals surface area (Å²) in [6, 6.07) is 1.62. The molecule has 1 saturated heterocycles. The monoisotopic (exact) mass is 657 g/mol. The van der Waals surface area contributed by atoms with Crippen molar-refractivity contribution in [3.8, 4) is 11.5 Å². The summed E-state index contributed by atoms with van der Waals surface area (Å²) in [5.41, 5.74) is 2.70. The number of halogens is 2. The van der Waals surface area contributed by atoms with Crippen molar-refractivity contribution in [2.24, 2.45) is 17.8 Å². The molecule has 1 N–H and O–H groups in total. The third kappa shape index (κ3) is 3.94. The van der Waals surface area contributed by atoms with Gasteiger partial charge in [-0.15, -0.1) is 0 Å². The number of aromatic hydroxyl groups is 1. The number of ketones is 2. The lowest BCUT2D eigenvalue weighted by Crippen LogP contribution is -2.43. The molecular weight excluding hydrogens is 630 g/mol. The molecule has 1 aromatic carbocycles. The smallest absolute Gasteiger partial charge is 0.233 e. The predicted octanol–water partition coefficient (Wildman–Crippen LogP) is 5.69. The number of ether oxygens (including phenoxy) is 1. The van der Waals surface area contributed by atoms with Gasteiger partial charge in [0.2, 0.25) is 11.8 Å². The number of rotatable bonds is 3. The van der Waals surface area contributed by atoms with Crippen molar-refractivity contribution < 1.29 is 29.0 Å². The number of carbonyl (C=O) groups excluding carboxylic acids is 4. The fourth-order valence-corrected chi connectivity index (χ4v) is 8.39. The number of nitrogens with zero attached hydrogens (tertiary/aromatic N) is 1. The first-order chi connectivity index (χ1) is 18.6. The number of phenolic OH excluding ortho intramolecular Hbond substituents is 1. The number of benzene rings is 1. The van der Waals surface area contributed by atoms with E-state index < -0.39 is 17.8 Å². The highest BCUT2D eigenvalue weighted by Crippen LogP contribution is 2.57. The number of carbonyl (C=O) groups is 4. The minimum absolute atomic E-state index is 0.0588. The molecule has 0 bridgehead atoms. The summed E-state index contributed by atoms with van der Waals surface area (Å²) in [6.45, 7) is 1.64. The number of imide groups is 1. The van der Waals surface area contributed by atoms with Crippen LogP contribution in [-0.4, -0.2) is 46.5 Å². The minimum atomic E-state index is -0.632. The lowest BCUT2D eigenvalue weighted by molar-refractivity contribution is -0.143. The number of amides is 2. The molecule has 9 heteroatoms. The number of fused-ring (bicyclic) bond motifs is 3. The average Bonchev–Trinajstić information content (AvgIpc) is 3.19. The molecule has 2 fully saturated rings. The number of Topliss-reactive ketones (excluding diaryl/α,β-unsaturated/α-hetero) is 1. The third-order valence-corrected chi connectivity index (χ3v) is 11.4. The van der Waals surface area contributed by atoms with Crippen molar-refractivity contribution in [2.75, 3.05) is 7.11 Å². The Labute approximate surface area is 243 Å². The molecule has 4 atom stereocenters. The second kappa shape index (κ2) is 9.84. The number of methoxy groups -OCH3 is 1. The maximum Gasteiger partial charge on any atom is 0.233 e. The van der Waals surface area contributed by atoms with E-state index in [1.165, 1.54) is 13.2 Å². The van der Waals surface area contributed by atoms with Gasteiger partial charge in [0.25, 0.3) is 0 Å². The van der Waals surface area contributed by atoms with E-state index in [2.05, 4.69) is 31.9 Å². The Morgan fingerprint density at radius 1 is 1.00 bits per heavy atom. The van der Waals surface area contributed by atoms with Gasteiger partial charge in [-0.25, -0.2) is 0 Å². The highest BCUT2D eigenvalue weighted by Gasteiger charge is 2.57. The molecule has 4 aliphatic carbocycles. The zero-order valence-electron chi connectivity index (χ0n) is 21.8. The minimum Gasteiger partial charge on any atom is -0.503 e. The van der Waals surface area contributed by atoms with Gasteiger partial charge in [-0.05, 0) is 88.1 Å². The van der Waals surface area contributed by atoms with Gasteiger partial charge in [-0.1, -0.05) is 30.9 Å². The number of allylic oxidation sites excluding steroid dienone is 6. The molecule has 0 aromatic heterocycles. The summed E-state index contributed by atoms with van der Waals surface area (Å²) >= 11 is 7.03. The number of hydrogen-bond donors (Lipinski definition) is 1. The Balaban J connectivity index is 1.51. The molecule has 2 amide bonds. The fraction of sp³-hybridized carbons (Fsp3) is 0.467. The Hall–Kier alpha value is -2.52. The van der Waals surface area contributed by atoms with Crippen molar-refractivity contribution in [1.29, 1.82) is 0 Å². The van der Waals surface area contributed by atoms with Gasteiger partial charge < -0.3 is 9.84 Å². The largest absolute Gasteiger partial charge is 0.503 e. The van der Waals surface area contributed by atoms with Crippen LogP contribution in [0, 0.1) is 17.8 Å². The first-order valence-corrected chi connectivity index (χ1v) is 15.1. The highest BCUT2D eigenvalue weighted by molar-refractivity contribution is 9.13. The highest BCUT2D eigenvalue weighted by atomic mass is 79.9. The Bertz CT molecular complexity index is 1430. The summed E-state index contributed by atoms with van der Waals surface area (Å²) < 4.78 is 6.33. The van der Waals surface area contributed by atoms with E-state index in [1.54, 1.807) is 17.9 Å². The summed E-state index contributed by atoms with van der Waals surface area (Å²) in [5, 5.41) is 10.6. The van der Waals surface area contributed by atoms with Crippen LogP contribution < -0.4 is 4.74 Å². The predicted molar refractivity (Wildman–Crippen MR) is 150 cm³/mol. The molecule has 7 nitrogen and oxygen atoms in total. The molecular formula is C30H29Br2NO6. The molecule has 1 heterocycles. The molecule has 204 valence electrons. The van der Waals surface area contributed by atoms with Gasteiger partial charge in [0, 0.05) is 33.2 Å². The first kappa shape index (κ1) is 26.7. The molecule has 4 unspecified atom stereocenters. The van der Waals surface area contributed by atoms with Crippen molar-refractivity contribution in [1.82, 2.24) is 4.90 Å². The number of hydrogen-bond acceptors (Lipinski definition) is 6. The number of phenols is 1. The van der Waals surface area contributed by atoms with E-state index in [4.69, 9.17) is 4.74 Å². The maximum atomic E-state index is 14.0. The van der Waals surface area contributed by atoms with Gasteiger partial charge >= 0.3 is 0 Å². The van der Waals surface area contributed by atoms with Gasteiger partial charge in [-0.2, -0.15) is 0 Å². The van der Waals surface area contributed by atoms with Crippen molar-refractivity contribution in [3.63, 3.8) is 0 Å². The fourth-order valence-electron chi connectivity index (χ4n) is 7.44. The molecule has 0 radical (unpaired) electrons. The van der Waals surface area contributed by atoms with Crippen LogP contribution in [0.2, 0.25) is 0 Å². The summed E-state index contributed by atoms with van der Waals surface area (Å²) in [7, 11) is 1.45. The van der Waals surface area contributed by atoms with E-state index >= 15 is 0 Å². The standard InChI is InChI=1S/C30H29Br2NO6/c1-13-10-20(34)24-19(27(13)35)11-17-15(22(24)18-12-21(39-2)28(36)26(32)25(18)31)8-9-16-23(17)30(38)33(29(16)37)14-6-4-3-5-7-14/h8,10,12,14,16-17,22-23,36H,3-7,9,11H2,1-2H3. The molecule has 1 aliphatic heterocycles. The molecule has 1 saturated carbocycles. The summed E-state index contributed by atoms with van der Waals surface area (Å²) in [4.78, 5) is 56.2. The van der Waals surface area contributed by atoms with Crippen LogP contribution in [0.1, 0.15) is 63.4 Å². The normalized spacial score (nSPS) is 29.2. The van der Waals surface area contributed by atoms with Crippen LogP contribution in [-0.2, 0) is 19.2 Å². The average molecular weight is 659 g/mol. The van der Waals surface area contributed by atoms with Gasteiger partial charge in [-0.3, -0.25) is 24.1 Å². The van der Waals surface area contributed by atoms with E-state index in [1.807, 2.05) is 6.08 Å². The summed E-state index contributed by atoms with van der Waals surface area (Å²) in [6.07, 6.45) is 8.88. The topological polar surface area (TPSA) is 101 Å². The van der Waals surface area contributed by atoms with Crippen LogP contribution in [0.5, 0.6) is 11.5 Å². The molecule has 0 spiro atoms. The van der Waals surface area contributed by atoms with Crippen LogP contribution in [0.15, 0.2) is 49.5 Å². The van der Waals surface area contributed by atoms with Crippen LogP contribution in [0.25, 0.3) is 0 Å². The molecule has 39 heavy (non-hydrogen) atoms. The Morgan fingerprint density at radius 2 is 1.72 bits per heavy atom. The SMILES string of the molecule is COc1cc(C2C3=CCC4C(=O)N(C5CCCCC5)C(=O)C4C3CC3=C2C(=O)C=C(C)C3=O)c(Br)c(Br)c1O. The second-order valence-electron chi connectivity index (χ2n) is 11.2. The zero-order valence-corrected chi connectivity index (χ0v) is 24.9. The quantitative estimate of drug-likeness (QED) is 0.255.